The number of aryl methyl sites for hydroxylation is 1. The molecule has 1 aliphatic heterocycles. The van der Waals surface area contributed by atoms with Gasteiger partial charge in [-0.25, -0.2) is 0 Å². The van der Waals surface area contributed by atoms with Crippen molar-refractivity contribution in [1.82, 2.24) is 20.0 Å². The van der Waals surface area contributed by atoms with E-state index in [1.807, 2.05) is 37.5 Å². The fraction of sp³-hybridized carbons (Fsp3) is 0.421. The molecule has 7 nitrogen and oxygen atoms in total. The summed E-state index contributed by atoms with van der Waals surface area (Å²) in [6.45, 7) is 1.38. The summed E-state index contributed by atoms with van der Waals surface area (Å²) in [7, 11) is 3.46. The molecule has 2 aromatic rings. The third kappa shape index (κ3) is 4.41. The highest BCUT2D eigenvalue weighted by Crippen LogP contribution is 2.21. The van der Waals surface area contributed by atoms with Crippen LogP contribution >= 0.6 is 0 Å². The second kappa shape index (κ2) is 8.03. The van der Waals surface area contributed by atoms with Crippen molar-refractivity contribution in [3.63, 3.8) is 0 Å². The summed E-state index contributed by atoms with van der Waals surface area (Å²) < 4.78 is 6.94. The average molecular weight is 356 g/mol. The minimum absolute atomic E-state index is 0.0167. The predicted octanol–water partition coefficient (Wildman–Crippen LogP) is 1.48. The smallest absolute Gasteiger partial charge is 0.225 e. The number of nitrogens with zero attached hydrogens (tertiary/aromatic N) is 3. The Hall–Kier alpha value is -2.83. The number of carbonyl (C=O) groups excluding carboxylic acids is 2. The molecule has 1 fully saturated rings. The van der Waals surface area contributed by atoms with Crippen molar-refractivity contribution in [2.24, 2.45) is 13.0 Å². The van der Waals surface area contributed by atoms with Gasteiger partial charge in [0, 0.05) is 44.9 Å². The first kappa shape index (κ1) is 18.0. The molecule has 138 valence electrons. The van der Waals surface area contributed by atoms with Gasteiger partial charge < -0.3 is 15.0 Å². The van der Waals surface area contributed by atoms with E-state index in [-0.39, 0.29) is 17.7 Å². The molecule has 0 saturated carbocycles. The van der Waals surface area contributed by atoms with Crippen molar-refractivity contribution in [2.45, 2.75) is 25.9 Å². The van der Waals surface area contributed by atoms with Gasteiger partial charge in [-0.05, 0) is 24.1 Å². The van der Waals surface area contributed by atoms with Crippen LogP contribution in [0, 0.1) is 5.92 Å². The molecule has 7 heteroatoms. The zero-order chi connectivity index (χ0) is 18.5. The minimum Gasteiger partial charge on any atom is -0.497 e. The molecular weight excluding hydrogens is 332 g/mol. The maximum Gasteiger partial charge on any atom is 0.225 e. The number of methoxy groups -OCH3 is 1. The molecule has 26 heavy (non-hydrogen) atoms. The summed E-state index contributed by atoms with van der Waals surface area (Å²) in [4.78, 5) is 26.5. The van der Waals surface area contributed by atoms with Crippen LogP contribution in [0.15, 0.2) is 36.7 Å². The number of aromatic nitrogens is 2. The fourth-order valence-corrected chi connectivity index (χ4v) is 3.17. The normalized spacial score (nSPS) is 17.2. The van der Waals surface area contributed by atoms with Gasteiger partial charge in [0.25, 0.3) is 0 Å². The summed E-state index contributed by atoms with van der Waals surface area (Å²) in [6.07, 6.45) is 4.60. The third-order valence-corrected chi connectivity index (χ3v) is 4.60. The quantitative estimate of drug-likeness (QED) is 0.851. The van der Waals surface area contributed by atoms with E-state index in [0.29, 0.717) is 32.5 Å². The van der Waals surface area contributed by atoms with Crippen LogP contribution in [0.3, 0.4) is 0 Å². The van der Waals surface area contributed by atoms with Crippen molar-refractivity contribution in [1.29, 1.82) is 0 Å². The molecule has 1 aliphatic rings. The van der Waals surface area contributed by atoms with E-state index in [1.54, 1.807) is 22.9 Å². The lowest BCUT2D eigenvalue weighted by Gasteiger charge is -2.32. The summed E-state index contributed by atoms with van der Waals surface area (Å²) in [5, 5.41) is 7.04. The number of ether oxygens (including phenoxy) is 1. The van der Waals surface area contributed by atoms with Crippen LogP contribution in [0.1, 0.15) is 24.0 Å². The summed E-state index contributed by atoms with van der Waals surface area (Å²) in [6, 6.07) is 7.65. The first-order chi connectivity index (χ1) is 12.5. The Morgan fingerprint density at radius 2 is 2.23 bits per heavy atom. The number of piperidine rings is 1. The molecule has 1 atom stereocenters. The topological polar surface area (TPSA) is 76.5 Å². The molecule has 1 N–H and O–H groups in total. The van der Waals surface area contributed by atoms with Crippen LogP contribution in [-0.2, 0) is 29.7 Å². The lowest BCUT2D eigenvalue weighted by molar-refractivity contribution is -0.139. The molecule has 2 heterocycles. The standard InChI is InChI=1S/C19H24N4O3/c1-22-11-15(10-21-22)9-20-19(25)16-6-7-18(24)23(13-16)12-14-4-3-5-17(8-14)26-2/h3-5,8,10-11,16H,6-7,9,12-13H2,1-2H3,(H,20,25)/t16-/m1/s1. The highest BCUT2D eigenvalue weighted by Gasteiger charge is 2.30. The first-order valence-electron chi connectivity index (χ1n) is 8.71. The molecule has 1 aromatic heterocycles. The van der Waals surface area contributed by atoms with E-state index in [9.17, 15) is 9.59 Å². The Bertz CT molecular complexity index is 787. The van der Waals surface area contributed by atoms with Crippen molar-refractivity contribution in [3.05, 3.63) is 47.8 Å². The lowest BCUT2D eigenvalue weighted by Crippen LogP contribution is -2.45. The van der Waals surface area contributed by atoms with Gasteiger partial charge in [0.1, 0.15) is 5.75 Å². The Balaban J connectivity index is 1.58. The van der Waals surface area contributed by atoms with Crippen molar-refractivity contribution in [3.8, 4) is 5.75 Å². The van der Waals surface area contributed by atoms with Gasteiger partial charge in [0.15, 0.2) is 0 Å². The Labute approximate surface area is 152 Å². The highest BCUT2D eigenvalue weighted by atomic mass is 16.5. The second-order valence-corrected chi connectivity index (χ2v) is 6.60. The second-order valence-electron chi connectivity index (χ2n) is 6.60. The van der Waals surface area contributed by atoms with E-state index in [2.05, 4.69) is 10.4 Å². The number of amides is 2. The molecule has 3 rings (SSSR count). The molecule has 0 unspecified atom stereocenters. The number of rotatable bonds is 6. The number of hydrogen-bond donors (Lipinski definition) is 1. The number of benzene rings is 1. The van der Waals surface area contributed by atoms with Crippen LogP contribution < -0.4 is 10.1 Å². The number of nitrogens with one attached hydrogen (secondary N) is 1. The van der Waals surface area contributed by atoms with Gasteiger partial charge in [0.05, 0.1) is 19.2 Å². The molecule has 1 saturated heterocycles. The van der Waals surface area contributed by atoms with Crippen LogP contribution in [0.5, 0.6) is 5.75 Å². The monoisotopic (exact) mass is 356 g/mol. The largest absolute Gasteiger partial charge is 0.497 e. The number of likely N-dealkylation sites (tertiary alicyclic amines) is 1. The van der Waals surface area contributed by atoms with Crippen LogP contribution in [-0.4, -0.2) is 40.1 Å². The van der Waals surface area contributed by atoms with Gasteiger partial charge in [-0.3, -0.25) is 14.3 Å². The minimum atomic E-state index is -0.185. The zero-order valence-electron chi connectivity index (χ0n) is 15.1. The van der Waals surface area contributed by atoms with E-state index >= 15 is 0 Å². The van der Waals surface area contributed by atoms with Gasteiger partial charge in [0.2, 0.25) is 11.8 Å². The molecule has 0 bridgehead atoms. The van der Waals surface area contributed by atoms with Crippen LogP contribution in [0.4, 0.5) is 0 Å². The first-order valence-corrected chi connectivity index (χ1v) is 8.71. The Morgan fingerprint density at radius 3 is 2.96 bits per heavy atom. The maximum absolute atomic E-state index is 12.5. The van der Waals surface area contributed by atoms with Crippen LogP contribution in [0.2, 0.25) is 0 Å². The summed E-state index contributed by atoms with van der Waals surface area (Å²) >= 11 is 0. The molecule has 0 spiro atoms. The van der Waals surface area contributed by atoms with Crippen molar-refractivity contribution >= 4 is 11.8 Å². The zero-order valence-corrected chi connectivity index (χ0v) is 15.1. The fourth-order valence-electron chi connectivity index (χ4n) is 3.17. The van der Waals surface area contributed by atoms with Crippen molar-refractivity contribution < 1.29 is 14.3 Å². The third-order valence-electron chi connectivity index (χ3n) is 4.60. The molecular formula is C19H24N4O3. The van der Waals surface area contributed by atoms with Gasteiger partial charge in [-0.15, -0.1) is 0 Å². The van der Waals surface area contributed by atoms with Crippen molar-refractivity contribution in [2.75, 3.05) is 13.7 Å². The maximum atomic E-state index is 12.5. The van der Waals surface area contributed by atoms with Gasteiger partial charge in [-0.1, -0.05) is 12.1 Å². The van der Waals surface area contributed by atoms with Crippen LogP contribution in [0.25, 0.3) is 0 Å². The summed E-state index contributed by atoms with van der Waals surface area (Å²) in [5.41, 5.74) is 1.95. The molecule has 2 amide bonds. The molecule has 0 aliphatic carbocycles. The number of hydrogen-bond acceptors (Lipinski definition) is 4. The molecule has 0 radical (unpaired) electrons. The predicted molar refractivity (Wildman–Crippen MR) is 96.2 cm³/mol. The lowest BCUT2D eigenvalue weighted by atomic mass is 9.96. The Morgan fingerprint density at radius 1 is 1.38 bits per heavy atom. The van der Waals surface area contributed by atoms with E-state index < -0.39 is 0 Å². The highest BCUT2D eigenvalue weighted by molar-refractivity contribution is 5.83. The van der Waals surface area contributed by atoms with E-state index in [4.69, 9.17) is 4.74 Å². The SMILES string of the molecule is COc1cccc(CN2C[C@H](C(=O)NCc3cnn(C)c3)CCC2=O)c1. The van der Waals surface area contributed by atoms with E-state index in [0.717, 1.165) is 16.9 Å². The average Bonchev–Trinajstić information content (AvgIpc) is 3.07. The Kier molecular flexibility index (Phi) is 5.55. The summed E-state index contributed by atoms with van der Waals surface area (Å²) in [5.74, 6) is 0.647. The number of carbonyl (C=O) groups is 2. The van der Waals surface area contributed by atoms with E-state index in [1.165, 1.54) is 0 Å². The van der Waals surface area contributed by atoms with Gasteiger partial charge >= 0.3 is 0 Å². The van der Waals surface area contributed by atoms with Gasteiger partial charge in [-0.2, -0.15) is 5.10 Å². The molecule has 1 aromatic carbocycles.